The maximum Gasteiger partial charge on any atom is 0.233 e. The zero-order valence-corrected chi connectivity index (χ0v) is 12.6. The van der Waals surface area contributed by atoms with Crippen LogP contribution in [0, 0.1) is 0 Å². The first-order valence-electron chi connectivity index (χ1n) is 7.49. The Morgan fingerprint density at radius 2 is 1.65 bits per heavy atom. The number of aryl methyl sites for hydroxylation is 1. The van der Waals surface area contributed by atoms with Gasteiger partial charge in [0.1, 0.15) is 12.0 Å². The van der Waals surface area contributed by atoms with E-state index in [4.69, 9.17) is 0 Å². The van der Waals surface area contributed by atoms with E-state index in [1.807, 2.05) is 12.1 Å². The fourth-order valence-corrected chi connectivity index (χ4v) is 2.76. The van der Waals surface area contributed by atoms with Gasteiger partial charge in [0.25, 0.3) is 0 Å². The van der Waals surface area contributed by atoms with Crippen molar-refractivity contribution in [3.8, 4) is 5.75 Å². The van der Waals surface area contributed by atoms with Gasteiger partial charge in [-0.3, -0.25) is 0 Å². The molecule has 0 aromatic heterocycles. The van der Waals surface area contributed by atoms with Crippen LogP contribution in [-0.4, -0.2) is 31.6 Å². The Morgan fingerprint density at radius 1 is 0.957 bits per heavy atom. The second-order valence-corrected chi connectivity index (χ2v) is 5.64. The van der Waals surface area contributed by atoms with Crippen molar-refractivity contribution in [1.29, 1.82) is 0 Å². The van der Waals surface area contributed by atoms with Gasteiger partial charge in [0.15, 0.2) is 5.76 Å². The number of aliphatic hydroxyl groups excluding tert-OH is 3. The number of aromatic hydroxyl groups is 1. The van der Waals surface area contributed by atoms with Crippen LogP contribution in [0.1, 0.15) is 23.1 Å². The van der Waals surface area contributed by atoms with Gasteiger partial charge in [0, 0.05) is 12.1 Å². The summed E-state index contributed by atoms with van der Waals surface area (Å²) in [5, 5.41) is 39.9. The summed E-state index contributed by atoms with van der Waals surface area (Å²) in [6.07, 6.45) is 0.0667. The van der Waals surface area contributed by atoms with Crippen LogP contribution in [0.15, 0.2) is 54.4 Å². The Labute approximate surface area is 134 Å². The molecule has 3 rings (SSSR count). The maximum atomic E-state index is 10.4. The van der Waals surface area contributed by atoms with E-state index in [1.165, 1.54) is 4.90 Å². The van der Waals surface area contributed by atoms with Crippen LogP contribution in [0.2, 0.25) is 0 Å². The zero-order valence-electron chi connectivity index (χ0n) is 12.6. The second-order valence-electron chi connectivity index (χ2n) is 5.64. The number of benzene rings is 2. The van der Waals surface area contributed by atoms with E-state index in [2.05, 4.69) is 0 Å². The molecule has 0 spiro atoms. The van der Waals surface area contributed by atoms with Crippen LogP contribution in [0.25, 0.3) is 5.76 Å². The molecule has 1 atom stereocenters. The van der Waals surface area contributed by atoms with Gasteiger partial charge in [-0.1, -0.05) is 36.4 Å². The lowest BCUT2D eigenvalue weighted by Gasteiger charge is -2.33. The van der Waals surface area contributed by atoms with Gasteiger partial charge in [-0.05, 0) is 36.1 Å². The summed E-state index contributed by atoms with van der Waals surface area (Å²) < 4.78 is 0. The molecule has 0 aliphatic carbocycles. The highest BCUT2D eigenvalue weighted by Crippen LogP contribution is 2.30. The molecule has 0 bridgehead atoms. The number of phenols is 1. The molecule has 23 heavy (non-hydrogen) atoms. The Bertz CT molecular complexity index is 724. The van der Waals surface area contributed by atoms with Crippen molar-refractivity contribution in [1.82, 2.24) is 4.90 Å². The number of phenolic OH excluding ortho intramolecular Hbond substituents is 1. The minimum absolute atomic E-state index is 0.201. The summed E-state index contributed by atoms with van der Waals surface area (Å²) in [5.41, 5.74) is 2.42. The molecule has 1 aliphatic rings. The minimum atomic E-state index is -0.917. The summed E-state index contributed by atoms with van der Waals surface area (Å²) in [4.78, 5) is 1.39. The maximum absolute atomic E-state index is 10.4. The lowest BCUT2D eigenvalue weighted by atomic mass is 10.0. The first-order chi connectivity index (χ1) is 11.1. The molecule has 1 heterocycles. The first kappa shape index (κ1) is 15.2. The van der Waals surface area contributed by atoms with Gasteiger partial charge >= 0.3 is 0 Å². The molecular formula is C18H19NO4. The Hall–Kier alpha value is -2.66. The molecule has 120 valence electrons. The monoisotopic (exact) mass is 313 g/mol. The molecule has 1 unspecified atom stereocenters. The van der Waals surface area contributed by atoms with Gasteiger partial charge in [-0.2, -0.15) is 0 Å². The van der Waals surface area contributed by atoms with Crippen LogP contribution in [0.5, 0.6) is 5.75 Å². The number of aliphatic hydroxyl groups is 3. The molecule has 0 radical (unpaired) electrons. The predicted molar refractivity (Wildman–Crippen MR) is 86.6 cm³/mol. The molecule has 4 N–H and O–H groups in total. The molecule has 0 fully saturated rings. The lowest BCUT2D eigenvalue weighted by Crippen LogP contribution is -2.37. The van der Waals surface area contributed by atoms with E-state index >= 15 is 0 Å². The van der Waals surface area contributed by atoms with Gasteiger partial charge < -0.3 is 25.3 Å². The Morgan fingerprint density at radius 3 is 2.39 bits per heavy atom. The smallest absolute Gasteiger partial charge is 0.233 e. The van der Waals surface area contributed by atoms with Crippen molar-refractivity contribution < 1.29 is 20.4 Å². The van der Waals surface area contributed by atoms with E-state index in [-0.39, 0.29) is 17.4 Å². The molecule has 0 saturated carbocycles. The van der Waals surface area contributed by atoms with Crippen LogP contribution < -0.4 is 0 Å². The molecule has 1 aliphatic heterocycles. The van der Waals surface area contributed by atoms with Crippen molar-refractivity contribution in [2.45, 2.75) is 25.6 Å². The lowest BCUT2D eigenvalue weighted by molar-refractivity contribution is -0.0170. The fraction of sp³-hybridized carbons (Fsp3) is 0.222. The largest absolute Gasteiger partial charge is 0.508 e. The van der Waals surface area contributed by atoms with Gasteiger partial charge in [-0.15, -0.1) is 0 Å². The van der Waals surface area contributed by atoms with Crippen LogP contribution in [0.3, 0.4) is 0 Å². The van der Waals surface area contributed by atoms with Gasteiger partial charge in [-0.25, -0.2) is 0 Å². The van der Waals surface area contributed by atoms with Crippen molar-refractivity contribution >= 4 is 5.76 Å². The van der Waals surface area contributed by atoms with E-state index in [0.717, 1.165) is 11.1 Å². The molecule has 2 aromatic rings. The van der Waals surface area contributed by atoms with Crippen molar-refractivity contribution in [2.75, 3.05) is 0 Å². The highest BCUT2D eigenvalue weighted by Gasteiger charge is 2.28. The summed E-state index contributed by atoms with van der Waals surface area (Å²) in [6.45, 7) is 0.336. The third-order valence-corrected chi connectivity index (χ3v) is 4.08. The van der Waals surface area contributed by atoms with Crippen molar-refractivity contribution in [3.63, 3.8) is 0 Å². The first-order valence-corrected chi connectivity index (χ1v) is 7.49. The number of rotatable bonds is 4. The molecule has 0 saturated heterocycles. The summed E-state index contributed by atoms with van der Waals surface area (Å²) in [7, 11) is 0. The second kappa shape index (κ2) is 6.22. The van der Waals surface area contributed by atoms with E-state index in [9.17, 15) is 20.4 Å². The fourth-order valence-electron chi connectivity index (χ4n) is 2.76. The predicted octanol–water partition coefficient (Wildman–Crippen LogP) is 2.90. The van der Waals surface area contributed by atoms with Crippen LogP contribution >= 0.6 is 0 Å². The normalized spacial score (nSPS) is 15.4. The molecule has 2 aromatic carbocycles. The highest BCUT2D eigenvalue weighted by molar-refractivity contribution is 5.65. The van der Waals surface area contributed by atoms with Crippen molar-refractivity contribution in [3.05, 3.63) is 71.1 Å². The topological polar surface area (TPSA) is 84.2 Å². The van der Waals surface area contributed by atoms with E-state index in [0.29, 0.717) is 24.9 Å². The third-order valence-electron chi connectivity index (χ3n) is 4.08. The number of hydrogen-bond acceptors (Lipinski definition) is 5. The Balaban J connectivity index is 1.72. The molecular weight excluding hydrogens is 294 g/mol. The third kappa shape index (κ3) is 3.10. The Kier molecular flexibility index (Phi) is 4.12. The average Bonchev–Trinajstić information content (AvgIpc) is 2.57. The summed E-state index contributed by atoms with van der Waals surface area (Å²) in [6, 6.07) is 14.0. The summed E-state index contributed by atoms with van der Waals surface area (Å²) in [5.74, 6) is -0.315. The quantitative estimate of drug-likeness (QED) is 0.697. The number of nitrogens with zero attached hydrogens (tertiary/aromatic N) is 1. The van der Waals surface area contributed by atoms with Crippen LogP contribution in [0.4, 0.5) is 0 Å². The van der Waals surface area contributed by atoms with E-state index in [1.54, 1.807) is 36.4 Å². The molecule has 5 nitrogen and oxygen atoms in total. The van der Waals surface area contributed by atoms with Crippen LogP contribution in [-0.2, 0) is 13.0 Å². The number of hydrogen-bond donors (Lipinski definition) is 4. The summed E-state index contributed by atoms with van der Waals surface area (Å²) >= 11 is 0. The minimum Gasteiger partial charge on any atom is -0.508 e. The SMILES string of the molecule is OC1=C(O)N(C(O)CCc2ccc(O)cc2)Cc2ccccc21. The molecule has 5 heteroatoms. The van der Waals surface area contributed by atoms with E-state index < -0.39 is 6.23 Å². The number of fused-ring (bicyclic) bond motifs is 1. The highest BCUT2D eigenvalue weighted by atomic mass is 16.3. The van der Waals surface area contributed by atoms with Crippen molar-refractivity contribution in [2.24, 2.45) is 0 Å². The molecule has 0 amide bonds. The average molecular weight is 313 g/mol. The van der Waals surface area contributed by atoms with Gasteiger partial charge in [0.2, 0.25) is 5.88 Å². The zero-order chi connectivity index (χ0) is 16.4. The standard InChI is InChI=1S/C18H19NO4/c20-14-8-5-12(6-9-14)7-10-16(21)19-11-13-3-1-2-4-15(13)17(22)18(19)23/h1-6,8-9,16,20-23H,7,10-11H2. The van der Waals surface area contributed by atoms with Gasteiger partial charge in [0.05, 0.1) is 0 Å².